The number of hydrogen-bond donors (Lipinski definition) is 2. The van der Waals surface area contributed by atoms with Crippen LogP contribution in [0, 0.1) is 5.92 Å². The first-order valence-electron chi connectivity index (χ1n) is 11.4. The Balaban J connectivity index is 1.27. The maximum atomic E-state index is 13.0. The highest BCUT2D eigenvalue weighted by molar-refractivity contribution is 6.99. The maximum Gasteiger partial charge on any atom is 0.416 e. The quantitative estimate of drug-likeness (QED) is 0.366. The number of rotatable bonds is 7. The van der Waals surface area contributed by atoms with Gasteiger partial charge in [0.1, 0.15) is 6.61 Å². The maximum absolute atomic E-state index is 13.0. The number of nitrogens with one attached hydrogen (secondary N) is 2. The van der Waals surface area contributed by atoms with Crippen LogP contribution < -0.4 is 20.3 Å². The van der Waals surface area contributed by atoms with E-state index in [2.05, 4.69) is 24.4 Å². The van der Waals surface area contributed by atoms with Crippen LogP contribution in [0.2, 0.25) is 0 Å². The van der Waals surface area contributed by atoms with Crippen molar-refractivity contribution in [1.82, 2.24) is 19.0 Å². The van der Waals surface area contributed by atoms with Crippen LogP contribution in [0.4, 0.5) is 42.6 Å². The first kappa shape index (κ1) is 27.4. The minimum absolute atomic E-state index is 0.00430. The molecule has 1 aromatic carbocycles. The Morgan fingerprint density at radius 2 is 1.63 bits per heavy atom. The molecule has 4 rings (SSSR count). The van der Waals surface area contributed by atoms with Gasteiger partial charge in [0, 0.05) is 37.7 Å². The second-order valence-electron chi connectivity index (χ2n) is 8.60. The molecule has 3 aromatic rings. The molecular weight excluding hydrogens is 538 g/mol. The van der Waals surface area contributed by atoms with Gasteiger partial charge in [0.25, 0.3) is 5.88 Å². The summed E-state index contributed by atoms with van der Waals surface area (Å²) in [7, 11) is 0. The Bertz CT molecular complexity index is 1200. The van der Waals surface area contributed by atoms with E-state index in [0.717, 1.165) is 17.3 Å². The van der Waals surface area contributed by atoms with Crippen LogP contribution in [0.15, 0.2) is 42.7 Å². The summed E-state index contributed by atoms with van der Waals surface area (Å²) in [4.78, 5) is 18.2. The van der Waals surface area contributed by atoms with Crippen molar-refractivity contribution < 1.29 is 35.9 Å². The predicted octanol–water partition coefficient (Wildman–Crippen LogP) is 5.59. The zero-order chi connectivity index (χ0) is 27.3. The van der Waals surface area contributed by atoms with E-state index in [4.69, 9.17) is 4.74 Å². The highest BCUT2D eigenvalue weighted by Crippen LogP contribution is 2.37. The van der Waals surface area contributed by atoms with Crippen molar-refractivity contribution in [3.05, 3.63) is 59.4 Å². The van der Waals surface area contributed by atoms with E-state index in [-0.39, 0.29) is 18.5 Å². The highest BCUT2D eigenvalue weighted by Gasteiger charge is 2.37. The molecule has 15 heteroatoms. The third-order valence-corrected chi connectivity index (χ3v) is 6.38. The van der Waals surface area contributed by atoms with Crippen LogP contribution >= 0.6 is 11.7 Å². The van der Waals surface area contributed by atoms with E-state index >= 15 is 0 Å². The van der Waals surface area contributed by atoms with E-state index in [1.807, 2.05) is 17.0 Å². The number of carbonyl (C=O) groups excluding carboxylic acids is 1. The largest absolute Gasteiger partial charge is 0.470 e. The molecule has 0 unspecified atom stereocenters. The molecule has 0 bridgehead atoms. The molecule has 204 valence electrons. The Morgan fingerprint density at radius 3 is 2.24 bits per heavy atom. The number of benzene rings is 1. The molecule has 0 radical (unpaired) electrons. The van der Waals surface area contributed by atoms with Gasteiger partial charge in [-0.2, -0.15) is 30.7 Å². The summed E-state index contributed by atoms with van der Waals surface area (Å²) < 4.78 is 92.5. The van der Waals surface area contributed by atoms with Crippen molar-refractivity contribution in [2.24, 2.45) is 5.92 Å². The average molecular weight is 561 g/mol. The number of nitrogens with zero attached hydrogens (tertiary/aromatic N) is 4. The van der Waals surface area contributed by atoms with Crippen molar-refractivity contribution in [1.29, 1.82) is 0 Å². The van der Waals surface area contributed by atoms with Crippen molar-refractivity contribution >= 4 is 29.3 Å². The number of ether oxygens (including phenoxy) is 1. The van der Waals surface area contributed by atoms with Crippen molar-refractivity contribution in [3.8, 4) is 5.88 Å². The van der Waals surface area contributed by atoms with Crippen molar-refractivity contribution in [3.63, 3.8) is 0 Å². The lowest BCUT2D eigenvalue weighted by atomic mass is 9.97. The molecule has 2 N–H and O–H groups in total. The smallest absolute Gasteiger partial charge is 0.416 e. The number of hydrogen-bond acceptors (Lipinski definition) is 7. The number of alkyl halides is 6. The molecule has 2 amide bonds. The van der Waals surface area contributed by atoms with Gasteiger partial charge in [-0.25, -0.2) is 4.79 Å². The van der Waals surface area contributed by atoms with Crippen LogP contribution in [-0.4, -0.2) is 39.4 Å². The lowest BCUT2D eigenvalue weighted by molar-refractivity contribution is -0.143. The highest BCUT2D eigenvalue weighted by atomic mass is 32.1. The molecule has 0 atom stereocenters. The Kier molecular flexibility index (Phi) is 8.23. The van der Waals surface area contributed by atoms with Crippen LogP contribution in [0.1, 0.15) is 29.5 Å². The van der Waals surface area contributed by atoms with Gasteiger partial charge >= 0.3 is 18.4 Å². The Morgan fingerprint density at radius 1 is 1.00 bits per heavy atom. The second kappa shape index (κ2) is 11.4. The third kappa shape index (κ3) is 7.24. The Hall–Kier alpha value is -3.62. The summed E-state index contributed by atoms with van der Waals surface area (Å²) in [6, 6.07) is 3.69. The average Bonchev–Trinajstić information content (AvgIpc) is 3.35. The molecular formula is C23H22F6N6O2S. The molecule has 1 fully saturated rings. The normalized spacial score (nSPS) is 14.8. The molecule has 1 aliphatic rings. The first-order valence-corrected chi connectivity index (χ1v) is 12.2. The number of urea groups is 1. The molecule has 38 heavy (non-hydrogen) atoms. The molecule has 2 aromatic heterocycles. The lowest BCUT2D eigenvalue weighted by Crippen LogP contribution is -2.40. The summed E-state index contributed by atoms with van der Waals surface area (Å²) >= 11 is 1.03. The number of amides is 2. The van der Waals surface area contributed by atoms with Gasteiger partial charge in [0.15, 0.2) is 0 Å². The number of anilines is 2. The van der Waals surface area contributed by atoms with E-state index < -0.39 is 35.2 Å². The minimum atomic E-state index is -5.00. The van der Waals surface area contributed by atoms with Crippen molar-refractivity contribution in [2.45, 2.75) is 31.8 Å². The summed E-state index contributed by atoms with van der Waals surface area (Å²) in [6.07, 6.45) is -5.33. The van der Waals surface area contributed by atoms with Crippen molar-refractivity contribution in [2.75, 3.05) is 29.9 Å². The standard InChI is InChI=1S/C23H22F6N6O2S/c24-22(25,26)16-9-17(23(27,28)29)11-18(10-16)32-21(36)31-12-14-3-7-35(8-4-14)19-20(34-38-33-19)37-13-15-1-5-30-6-2-15/h1-2,5-6,9-11,14H,3-4,7-8,12-13H2,(H2,31,32,36). The van der Waals surface area contributed by atoms with E-state index in [1.54, 1.807) is 12.4 Å². The lowest BCUT2D eigenvalue weighted by Gasteiger charge is -2.32. The fraction of sp³-hybridized carbons (Fsp3) is 0.391. The number of aromatic nitrogens is 3. The minimum Gasteiger partial charge on any atom is -0.470 e. The van der Waals surface area contributed by atoms with Gasteiger partial charge in [-0.05, 0) is 54.7 Å². The number of pyridine rings is 1. The van der Waals surface area contributed by atoms with E-state index in [9.17, 15) is 31.1 Å². The van der Waals surface area contributed by atoms with Gasteiger partial charge in [0.05, 0.1) is 22.9 Å². The van der Waals surface area contributed by atoms with Gasteiger partial charge in [-0.15, -0.1) is 4.37 Å². The molecule has 1 aliphatic heterocycles. The molecule has 0 saturated carbocycles. The first-order chi connectivity index (χ1) is 18.0. The number of carbonyl (C=O) groups is 1. The second-order valence-corrected chi connectivity index (χ2v) is 9.13. The fourth-order valence-corrected chi connectivity index (χ4v) is 4.40. The SMILES string of the molecule is O=C(NCC1CCN(c2nsnc2OCc2ccncc2)CC1)Nc1cc(C(F)(F)F)cc(C(F)(F)F)c1. The van der Waals surface area contributed by atoms with Gasteiger partial charge < -0.3 is 20.3 Å². The van der Waals surface area contributed by atoms with Crippen LogP contribution in [-0.2, 0) is 19.0 Å². The monoisotopic (exact) mass is 560 g/mol. The topological polar surface area (TPSA) is 92.3 Å². The molecule has 0 aliphatic carbocycles. The summed E-state index contributed by atoms with van der Waals surface area (Å²) in [5.74, 6) is 1.09. The predicted molar refractivity (Wildman–Crippen MR) is 127 cm³/mol. The number of halogens is 6. The molecule has 3 heterocycles. The van der Waals surface area contributed by atoms with Gasteiger partial charge in [0.2, 0.25) is 5.82 Å². The zero-order valence-electron chi connectivity index (χ0n) is 19.6. The zero-order valence-corrected chi connectivity index (χ0v) is 20.5. The molecule has 0 spiro atoms. The summed E-state index contributed by atoms with van der Waals surface area (Å²) in [6.45, 7) is 1.72. The fourth-order valence-electron chi connectivity index (χ4n) is 3.88. The van der Waals surface area contributed by atoms with E-state index in [1.165, 1.54) is 0 Å². The van der Waals surface area contributed by atoms with Crippen LogP contribution in [0.5, 0.6) is 5.88 Å². The summed E-state index contributed by atoms with van der Waals surface area (Å²) in [5.41, 5.74) is -2.68. The third-order valence-electron chi connectivity index (χ3n) is 5.88. The molecule has 1 saturated heterocycles. The van der Waals surface area contributed by atoms with Gasteiger partial charge in [-0.1, -0.05) is 0 Å². The molecule has 8 nitrogen and oxygen atoms in total. The van der Waals surface area contributed by atoms with Gasteiger partial charge in [-0.3, -0.25) is 4.98 Å². The van der Waals surface area contributed by atoms with E-state index in [0.29, 0.717) is 56.4 Å². The number of piperidine rings is 1. The van der Waals surface area contributed by atoms with Crippen LogP contribution in [0.3, 0.4) is 0 Å². The Labute approximate surface area is 217 Å². The van der Waals surface area contributed by atoms with Crippen LogP contribution in [0.25, 0.3) is 0 Å². The summed E-state index contributed by atoms with van der Waals surface area (Å²) in [5, 5.41) is 4.60.